The van der Waals surface area contributed by atoms with Gasteiger partial charge in [0.1, 0.15) is 12.6 Å². The van der Waals surface area contributed by atoms with E-state index in [2.05, 4.69) is 10.0 Å². The van der Waals surface area contributed by atoms with Crippen molar-refractivity contribution in [3.05, 3.63) is 83.9 Å². The third-order valence-electron chi connectivity index (χ3n) is 4.73. The number of amides is 2. The second kappa shape index (κ2) is 11.2. The fourth-order valence-electron chi connectivity index (χ4n) is 3.26. The van der Waals surface area contributed by atoms with Crippen molar-refractivity contribution in [1.29, 1.82) is 5.41 Å². The van der Waals surface area contributed by atoms with Gasteiger partial charge in [0.15, 0.2) is 0 Å². The summed E-state index contributed by atoms with van der Waals surface area (Å²) in [6, 6.07) is 20.9. The van der Waals surface area contributed by atoms with Crippen LogP contribution in [0.3, 0.4) is 0 Å². The van der Waals surface area contributed by atoms with Gasteiger partial charge in [0.2, 0.25) is 0 Å². The Bertz CT molecular complexity index is 1160. The maximum absolute atomic E-state index is 12.9. The first-order valence-corrected chi connectivity index (χ1v) is 11.0. The molecule has 2 amide bonds. The fraction of sp³-hybridized carbons (Fsp3) is 0.130. The quantitative estimate of drug-likeness (QED) is 0.165. The second-order valence-corrected chi connectivity index (χ2v) is 7.80. The number of benzene rings is 3. The summed E-state index contributed by atoms with van der Waals surface area (Å²) < 4.78 is 30.2. The van der Waals surface area contributed by atoms with E-state index in [1.807, 2.05) is 36.4 Å². The molecule has 33 heavy (non-hydrogen) atoms. The zero-order valence-corrected chi connectivity index (χ0v) is 18.7. The van der Waals surface area contributed by atoms with Crippen LogP contribution in [0.1, 0.15) is 11.1 Å². The van der Waals surface area contributed by atoms with Crippen molar-refractivity contribution in [3.8, 4) is 11.1 Å². The van der Waals surface area contributed by atoms with Gasteiger partial charge in [0, 0.05) is 41.7 Å². The molecule has 0 bridgehead atoms. The number of methoxy groups -OCH3 is 1. The van der Waals surface area contributed by atoms with Crippen LogP contribution in [-0.2, 0) is 22.5 Å². The van der Waals surface area contributed by atoms with E-state index in [0.717, 1.165) is 11.1 Å². The number of nitrogens with two attached hydrogens (primary N) is 1. The molecule has 0 aliphatic rings. The van der Waals surface area contributed by atoms with Crippen molar-refractivity contribution in [2.75, 3.05) is 23.9 Å². The normalized spacial score (nSPS) is 11.5. The molecule has 172 valence electrons. The van der Waals surface area contributed by atoms with Crippen LogP contribution < -0.4 is 15.8 Å². The largest absolute Gasteiger partial charge is 0.755 e. The summed E-state index contributed by atoms with van der Waals surface area (Å²) in [4.78, 5) is 14.4. The molecule has 10 heteroatoms. The Labute approximate surface area is 194 Å². The maximum Gasteiger partial charge on any atom is 0.323 e. The average molecular weight is 467 g/mol. The molecule has 0 saturated heterocycles. The van der Waals surface area contributed by atoms with E-state index in [1.165, 1.54) is 12.0 Å². The second-order valence-electron chi connectivity index (χ2n) is 7.12. The summed E-state index contributed by atoms with van der Waals surface area (Å²) in [5, 5.41) is 10.4. The molecule has 3 aromatic carbocycles. The number of anilines is 2. The Morgan fingerprint density at radius 3 is 2.55 bits per heavy atom. The predicted molar refractivity (Wildman–Crippen MR) is 128 cm³/mol. The van der Waals surface area contributed by atoms with E-state index < -0.39 is 17.3 Å². The fourth-order valence-corrected chi connectivity index (χ4v) is 3.61. The number of rotatable bonds is 9. The Hall–Kier alpha value is -3.73. The average Bonchev–Trinajstić information content (AvgIpc) is 2.79. The van der Waals surface area contributed by atoms with Gasteiger partial charge in [-0.15, -0.1) is 0 Å². The lowest BCUT2D eigenvalue weighted by molar-refractivity contribution is 0.0839. The molecule has 1 unspecified atom stereocenters. The zero-order chi connectivity index (χ0) is 23.8. The topological polar surface area (TPSA) is 144 Å². The molecule has 1 atom stereocenters. The standard InChI is InChI=1S/C23H25N5O4S/c1-32-15-28(14-16-6-5-9-18(12-16)22(24)25)23(29)26-19-10-11-20(17-7-3-2-4-8-17)21(13-19)27-33(30)31/h2-13,27H,14-15H2,1H3,(H3,24,25)(H,26,29)(H,30,31)/p-1. The van der Waals surface area contributed by atoms with E-state index in [0.29, 0.717) is 22.5 Å². The first kappa shape index (κ1) is 23.9. The Morgan fingerprint density at radius 2 is 1.88 bits per heavy atom. The minimum absolute atomic E-state index is 0.0217. The van der Waals surface area contributed by atoms with Crippen molar-refractivity contribution >= 4 is 34.5 Å². The van der Waals surface area contributed by atoms with E-state index in [-0.39, 0.29) is 19.1 Å². The lowest BCUT2D eigenvalue weighted by Gasteiger charge is -2.23. The minimum Gasteiger partial charge on any atom is -0.755 e. The third kappa shape index (κ3) is 6.62. The Balaban J connectivity index is 1.82. The number of hydrogen-bond acceptors (Lipinski definition) is 5. The molecular formula is C23H24N5O4S-. The highest BCUT2D eigenvalue weighted by Gasteiger charge is 2.16. The summed E-state index contributed by atoms with van der Waals surface area (Å²) in [7, 11) is 1.48. The Kier molecular flexibility index (Phi) is 8.14. The maximum atomic E-state index is 12.9. The van der Waals surface area contributed by atoms with Crippen molar-refractivity contribution in [2.24, 2.45) is 5.73 Å². The van der Waals surface area contributed by atoms with Crippen LogP contribution in [0.15, 0.2) is 72.8 Å². The lowest BCUT2D eigenvalue weighted by Crippen LogP contribution is -2.36. The summed E-state index contributed by atoms with van der Waals surface area (Å²) in [6.45, 7) is 0.243. The number of hydrogen-bond donors (Lipinski definition) is 4. The van der Waals surface area contributed by atoms with E-state index >= 15 is 0 Å². The number of carbonyl (C=O) groups is 1. The van der Waals surface area contributed by atoms with Crippen LogP contribution in [0.4, 0.5) is 16.2 Å². The van der Waals surface area contributed by atoms with Gasteiger partial charge in [-0.3, -0.25) is 14.5 Å². The smallest absolute Gasteiger partial charge is 0.323 e. The summed E-state index contributed by atoms with van der Waals surface area (Å²) in [6.07, 6.45) is 0. The van der Waals surface area contributed by atoms with Crippen LogP contribution in [-0.4, -0.2) is 39.4 Å². The van der Waals surface area contributed by atoms with E-state index in [9.17, 15) is 13.6 Å². The number of amidine groups is 1. The zero-order valence-electron chi connectivity index (χ0n) is 17.9. The number of ether oxygens (including phenoxy) is 1. The van der Waals surface area contributed by atoms with Gasteiger partial charge in [-0.2, -0.15) is 0 Å². The highest BCUT2D eigenvalue weighted by atomic mass is 32.2. The number of nitrogens with one attached hydrogen (secondary N) is 3. The van der Waals surface area contributed by atoms with Gasteiger partial charge >= 0.3 is 6.03 Å². The molecule has 0 heterocycles. The van der Waals surface area contributed by atoms with E-state index in [1.54, 1.807) is 36.4 Å². The molecule has 9 nitrogen and oxygen atoms in total. The van der Waals surface area contributed by atoms with Gasteiger partial charge in [-0.05, 0) is 29.3 Å². The summed E-state index contributed by atoms with van der Waals surface area (Å²) in [5.74, 6) is -0.0612. The molecule has 3 aromatic rings. The number of nitrogens with zero attached hydrogens (tertiary/aromatic N) is 1. The molecule has 0 radical (unpaired) electrons. The highest BCUT2D eigenvalue weighted by Crippen LogP contribution is 2.31. The Morgan fingerprint density at radius 1 is 1.12 bits per heavy atom. The number of nitrogen functional groups attached to an aromatic ring is 1. The van der Waals surface area contributed by atoms with Gasteiger partial charge in [-0.25, -0.2) is 4.79 Å². The van der Waals surface area contributed by atoms with Crippen LogP contribution in [0.25, 0.3) is 11.1 Å². The molecule has 0 spiro atoms. The summed E-state index contributed by atoms with van der Waals surface area (Å²) in [5.41, 5.74) is 9.13. The van der Waals surface area contributed by atoms with Crippen LogP contribution in [0.2, 0.25) is 0 Å². The number of urea groups is 1. The molecule has 5 N–H and O–H groups in total. The van der Waals surface area contributed by atoms with Gasteiger partial charge in [0.05, 0.1) is 5.69 Å². The van der Waals surface area contributed by atoms with Gasteiger partial charge < -0.3 is 25.1 Å². The molecule has 0 aliphatic carbocycles. The molecule has 3 rings (SSSR count). The van der Waals surface area contributed by atoms with Crippen molar-refractivity contribution < 1.29 is 18.3 Å². The SMILES string of the molecule is COCN(Cc1cccc(C(=N)N)c1)C(=O)Nc1ccc(-c2ccccc2)c(NS(=O)[O-])c1. The molecular weight excluding hydrogens is 442 g/mol. The predicted octanol–water partition coefficient (Wildman–Crippen LogP) is 3.48. The first-order valence-electron chi connectivity index (χ1n) is 9.91. The van der Waals surface area contributed by atoms with Crippen LogP contribution in [0.5, 0.6) is 0 Å². The summed E-state index contributed by atoms with van der Waals surface area (Å²) >= 11 is -2.54. The molecule has 0 aromatic heterocycles. The minimum atomic E-state index is -2.54. The molecule has 0 saturated carbocycles. The van der Waals surface area contributed by atoms with E-state index in [4.69, 9.17) is 15.9 Å². The third-order valence-corrected chi connectivity index (χ3v) is 5.12. The van der Waals surface area contributed by atoms with Crippen LogP contribution >= 0.6 is 0 Å². The van der Waals surface area contributed by atoms with Crippen molar-refractivity contribution in [3.63, 3.8) is 0 Å². The van der Waals surface area contributed by atoms with Gasteiger partial charge in [-0.1, -0.05) is 54.6 Å². The monoisotopic (exact) mass is 466 g/mol. The molecule has 0 aliphatic heterocycles. The van der Waals surface area contributed by atoms with Crippen LogP contribution in [0, 0.1) is 5.41 Å². The number of carbonyl (C=O) groups excluding carboxylic acids is 1. The molecule has 0 fully saturated rings. The lowest BCUT2D eigenvalue weighted by atomic mass is 10.0. The van der Waals surface area contributed by atoms with Crippen molar-refractivity contribution in [1.82, 2.24) is 4.90 Å². The highest BCUT2D eigenvalue weighted by molar-refractivity contribution is 7.80. The first-order chi connectivity index (χ1) is 15.9. The van der Waals surface area contributed by atoms with Crippen molar-refractivity contribution in [2.45, 2.75) is 6.54 Å². The van der Waals surface area contributed by atoms with Gasteiger partial charge in [0.25, 0.3) is 0 Å².